The van der Waals surface area contributed by atoms with Gasteiger partial charge in [-0.2, -0.15) is 21.0 Å². The molecule has 0 radical (unpaired) electrons. The molecule has 0 amide bonds. The summed E-state index contributed by atoms with van der Waals surface area (Å²) in [4.78, 5) is 1.68. The fourth-order valence-electron chi connectivity index (χ4n) is 5.89. The summed E-state index contributed by atoms with van der Waals surface area (Å²) in [5.74, 6) is -0.710. The SMILES string of the molecule is N#CC(C#N)=C1c2cc(-c3ccc(F)cc3)ccc2-c2sc3c(c21)C(=C(C#N)C#N)c1cc(-c2ccc(F)cc2)ccc1-3. The number of hydrogen-bond acceptors (Lipinski definition) is 5. The average Bonchev–Trinajstić information content (AvgIpc) is 3.66. The molecule has 0 unspecified atom stereocenters. The Morgan fingerprint density at radius 1 is 0.465 bits per heavy atom. The minimum atomic E-state index is -0.355. The third-order valence-electron chi connectivity index (χ3n) is 7.78. The van der Waals surface area contributed by atoms with Crippen molar-refractivity contribution in [2.75, 3.05) is 0 Å². The Hall–Kier alpha value is -6.12. The van der Waals surface area contributed by atoms with Gasteiger partial charge < -0.3 is 0 Å². The summed E-state index contributed by atoms with van der Waals surface area (Å²) in [6, 6.07) is 31.8. The molecule has 4 nitrogen and oxygen atoms in total. The van der Waals surface area contributed by atoms with Crippen LogP contribution in [-0.2, 0) is 0 Å². The van der Waals surface area contributed by atoms with Crippen molar-refractivity contribution in [3.63, 3.8) is 0 Å². The van der Waals surface area contributed by atoms with Crippen molar-refractivity contribution in [3.05, 3.63) is 130 Å². The van der Waals surface area contributed by atoms with Gasteiger partial charge in [-0.3, -0.25) is 0 Å². The Kier molecular flexibility index (Phi) is 5.86. The van der Waals surface area contributed by atoms with E-state index in [-0.39, 0.29) is 22.8 Å². The molecule has 2 aliphatic rings. The summed E-state index contributed by atoms with van der Waals surface area (Å²) in [5.41, 5.74) is 8.14. The number of hydrogen-bond donors (Lipinski definition) is 0. The molecule has 2 aliphatic carbocycles. The van der Waals surface area contributed by atoms with Crippen molar-refractivity contribution >= 4 is 22.5 Å². The Bertz CT molecular complexity index is 2090. The number of rotatable bonds is 2. The summed E-state index contributed by atoms with van der Waals surface area (Å²) in [6.45, 7) is 0. The number of halogens is 2. The molecule has 0 N–H and O–H groups in total. The lowest BCUT2D eigenvalue weighted by Crippen LogP contribution is -1.94. The largest absolute Gasteiger partial charge is 0.207 e. The smallest absolute Gasteiger partial charge is 0.138 e. The number of allylic oxidation sites excluding steroid dienone is 2. The van der Waals surface area contributed by atoms with Crippen LogP contribution in [0.3, 0.4) is 0 Å². The second-order valence-corrected chi connectivity index (χ2v) is 11.0. The van der Waals surface area contributed by atoms with Crippen LogP contribution in [0, 0.1) is 57.0 Å². The van der Waals surface area contributed by atoms with E-state index in [1.807, 2.05) is 60.7 Å². The number of fused-ring (bicyclic) bond motifs is 7. The molecule has 0 fully saturated rings. The van der Waals surface area contributed by atoms with Crippen LogP contribution in [0.2, 0.25) is 0 Å². The Balaban J connectivity index is 1.50. The van der Waals surface area contributed by atoms with E-state index in [0.717, 1.165) is 43.1 Å². The van der Waals surface area contributed by atoms with E-state index in [9.17, 15) is 29.8 Å². The molecule has 0 spiro atoms. The summed E-state index contributed by atoms with van der Waals surface area (Å²) in [7, 11) is 0. The second kappa shape index (κ2) is 9.76. The van der Waals surface area contributed by atoms with Crippen LogP contribution in [0.15, 0.2) is 96.1 Å². The second-order valence-electron chi connectivity index (χ2n) is 9.99. The molecule has 0 saturated heterocycles. The third-order valence-corrected chi connectivity index (χ3v) is 9.03. The normalized spacial score (nSPS) is 11.8. The van der Waals surface area contributed by atoms with Gasteiger partial charge >= 0.3 is 0 Å². The van der Waals surface area contributed by atoms with Gasteiger partial charge in [0.25, 0.3) is 0 Å². The maximum atomic E-state index is 13.6. The molecule has 1 aromatic heterocycles. The topological polar surface area (TPSA) is 95.2 Å². The summed E-state index contributed by atoms with van der Waals surface area (Å²) in [6.07, 6.45) is 0. The zero-order valence-corrected chi connectivity index (χ0v) is 22.9. The van der Waals surface area contributed by atoms with Crippen LogP contribution >= 0.6 is 11.3 Å². The van der Waals surface area contributed by atoms with E-state index in [1.54, 1.807) is 24.3 Å². The molecular weight excluding hydrogens is 558 g/mol. The fourth-order valence-corrected chi connectivity index (χ4v) is 7.28. The highest BCUT2D eigenvalue weighted by molar-refractivity contribution is 7.20. The van der Waals surface area contributed by atoms with Gasteiger partial charge in [0.15, 0.2) is 0 Å². The highest BCUT2D eigenvalue weighted by atomic mass is 32.1. The van der Waals surface area contributed by atoms with E-state index in [0.29, 0.717) is 33.4 Å². The van der Waals surface area contributed by atoms with Gasteiger partial charge in [0.1, 0.15) is 47.1 Å². The number of nitriles is 4. The van der Waals surface area contributed by atoms with Crippen LogP contribution in [-0.4, -0.2) is 0 Å². The van der Waals surface area contributed by atoms with Crippen molar-refractivity contribution in [2.24, 2.45) is 0 Å². The first-order valence-electron chi connectivity index (χ1n) is 13.0. The van der Waals surface area contributed by atoms with Crippen LogP contribution in [0.5, 0.6) is 0 Å². The van der Waals surface area contributed by atoms with Gasteiger partial charge in [-0.1, -0.05) is 48.5 Å². The summed E-state index contributed by atoms with van der Waals surface area (Å²) in [5, 5.41) is 40.2. The molecule has 4 aromatic carbocycles. The Morgan fingerprint density at radius 3 is 1.16 bits per heavy atom. The molecular formula is C36H14F2N4S. The minimum absolute atomic E-state index is 0.0883. The quantitative estimate of drug-likeness (QED) is 0.193. The van der Waals surface area contributed by atoms with Gasteiger partial charge in [-0.25, -0.2) is 8.78 Å². The Morgan fingerprint density at radius 2 is 0.814 bits per heavy atom. The maximum absolute atomic E-state index is 13.6. The first-order chi connectivity index (χ1) is 21.0. The standard InChI is InChI=1S/C36H14F2N4S/c37-25-7-1-19(2-8-25)21-5-11-27-29(13-21)31(23(15-39)16-40)33-34-32(24(17-41)18-42)30-14-22(20-3-9-26(38)10-4-20)6-12-28(30)36(34)43-35(27)33/h1-14H. The summed E-state index contributed by atoms with van der Waals surface area (Å²) < 4.78 is 27.2. The minimum Gasteiger partial charge on any atom is -0.207 e. The Labute approximate surface area is 249 Å². The summed E-state index contributed by atoms with van der Waals surface area (Å²) >= 11 is 1.48. The lowest BCUT2D eigenvalue weighted by Gasteiger charge is -2.10. The van der Waals surface area contributed by atoms with E-state index >= 15 is 0 Å². The van der Waals surface area contributed by atoms with Gasteiger partial charge in [0.2, 0.25) is 0 Å². The van der Waals surface area contributed by atoms with Gasteiger partial charge in [-0.05, 0) is 69.8 Å². The van der Waals surface area contributed by atoms with Gasteiger partial charge in [0.05, 0.1) is 0 Å². The van der Waals surface area contributed by atoms with E-state index in [1.165, 1.54) is 35.6 Å². The molecule has 0 atom stereocenters. The van der Waals surface area contributed by atoms with Crippen molar-refractivity contribution in [3.8, 4) is 67.4 Å². The third kappa shape index (κ3) is 3.82. The van der Waals surface area contributed by atoms with E-state index < -0.39 is 0 Å². The maximum Gasteiger partial charge on any atom is 0.138 e. The van der Waals surface area contributed by atoms with Crippen molar-refractivity contribution < 1.29 is 8.78 Å². The molecule has 0 bridgehead atoms. The molecule has 43 heavy (non-hydrogen) atoms. The zero-order chi connectivity index (χ0) is 29.8. The van der Waals surface area contributed by atoms with Crippen molar-refractivity contribution in [1.29, 1.82) is 21.0 Å². The lowest BCUT2D eigenvalue weighted by molar-refractivity contribution is 0.627. The van der Waals surface area contributed by atoms with Crippen molar-refractivity contribution in [2.45, 2.75) is 0 Å². The highest BCUT2D eigenvalue weighted by Gasteiger charge is 2.40. The number of thiophene rings is 1. The predicted octanol–water partition coefficient (Wildman–Crippen LogP) is 9.02. The van der Waals surface area contributed by atoms with Crippen LogP contribution in [0.25, 0.3) is 54.3 Å². The predicted molar refractivity (Wildman–Crippen MR) is 160 cm³/mol. The number of benzene rings is 4. The molecule has 5 aromatic rings. The van der Waals surface area contributed by atoms with E-state index in [2.05, 4.69) is 0 Å². The first kappa shape index (κ1) is 25.8. The first-order valence-corrected chi connectivity index (χ1v) is 13.9. The molecule has 0 saturated carbocycles. The number of nitrogens with zero attached hydrogens (tertiary/aromatic N) is 4. The van der Waals surface area contributed by atoms with Crippen LogP contribution < -0.4 is 0 Å². The van der Waals surface area contributed by atoms with Crippen molar-refractivity contribution in [1.82, 2.24) is 0 Å². The molecule has 7 heteroatoms. The zero-order valence-electron chi connectivity index (χ0n) is 22.0. The monoisotopic (exact) mass is 572 g/mol. The average molecular weight is 573 g/mol. The van der Waals surface area contributed by atoms with E-state index in [4.69, 9.17) is 0 Å². The highest BCUT2D eigenvalue weighted by Crippen LogP contribution is 2.61. The van der Waals surface area contributed by atoms with Gasteiger partial charge in [-0.15, -0.1) is 11.3 Å². The molecule has 1 heterocycles. The molecule has 198 valence electrons. The van der Waals surface area contributed by atoms with Crippen LogP contribution in [0.4, 0.5) is 8.78 Å². The molecule has 0 aliphatic heterocycles. The molecule has 7 rings (SSSR count). The lowest BCUT2D eigenvalue weighted by atomic mass is 9.90. The van der Waals surface area contributed by atoms with Crippen LogP contribution in [0.1, 0.15) is 22.3 Å². The van der Waals surface area contributed by atoms with Gasteiger partial charge in [0, 0.05) is 43.2 Å². The fraction of sp³-hybridized carbons (Fsp3) is 0.